The topological polar surface area (TPSA) is 53.9 Å². The van der Waals surface area contributed by atoms with Gasteiger partial charge in [0.25, 0.3) is 11.8 Å². The van der Waals surface area contributed by atoms with Crippen LogP contribution in [0.3, 0.4) is 0 Å². The van der Waals surface area contributed by atoms with E-state index in [4.69, 9.17) is 0 Å². The summed E-state index contributed by atoms with van der Waals surface area (Å²) in [5.74, 6) is -0.111. The molecule has 0 heterocycles. The summed E-state index contributed by atoms with van der Waals surface area (Å²) in [5.41, 5.74) is 1.81. The number of carbonyl (C=O) groups excluding carboxylic acids is 2. The van der Waals surface area contributed by atoms with Crippen LogP contribution in [0.2, 0.25) is 0 Å². The first-order chi connectivity index (χ1) is 12.4. The Morgan fingerprint density at radius 2 is 1.73 bits per heavy atom. The smallest absolute Gasteiger partial charge is 0.280 e. The molecule has 2 rings (SSSR count). The van der Waals surface area contributed by atoms with Crippen molar-refractivity contribution in [3.63, 3.8) is 0 Å². The Hall–Kier alpha value is -2.18. The molecule has 5 nitrogen and oxygen atoms in total. The predicted molar refractivity (Wildman–Crippen MR) is 107 cm³/mol. The van der Waals surface area contributed by atoms with E-state index in [1.54, 1.807) is 11.9 Å². The highest BCUT2D eigenvalue weighted by molar-refractivity contribution is 9.10. The van der Waals surface area contributed by atoms with Crippen molar-refractivity contribution in [3.8, 4) is 0 Å². The van der Waals surface area contributed by atoms with Crippen LogP contribution in [0.5, 0.6) is 0 Å². The van der Waals surface area contributed by atoms with Crippen LogP contribution >= 0.6 is 15.9 Å². The van der Waals surface area contributed by atoms with Crippen LogP contribution in [-0.2, 0) is 16.1 Å². The minimum atomic E-state index is -0.311. The monoisotopic (exact) mass is 418 g/mol. The molecule has 6 heteroatoms. The van der Waals surface area contributed by atoms with Gasteiger partial charge in [0.15, 0.2) is 12.6 Å². The highest BCUT2D eigenvalue weighted by Crippen LogP contribution is 2.20. The molecule has 138 valence electrons. The molecule has 2 amide bonds. The maximum absolute atomic E-state index is 12.6. The van der Waals surface area contributed by atoms with Gasteiger partial charge >= 0.3 is 0 Å². The molecule has 0 aliphatic carbocycles. The zero-order valence-electron chi connectivity index (χ0n) is 15.3. The summed E-state index contributed by atoms with van der Waals surface area (Å²) >= 11 is 3.41. The third-order valence-corrected chi connectivity index (χ3v) is 5.03. The lowest BCUT2D eigenvalue weighted by molar-refractivity contribution is -0.886. The molecular formula is C20H25BrN3O2+. The number of benzene rings is 2. The van der Waals surface area contributed by atoms with E-state index in [0.717, 1.165) is 20.6 Å². The average molecular weight is 419 g/mol. The number of para-hydroxylation sites is 1. The normalized spacial score (nSPS) is 12.9. The van der Waals surface area contributed by atoms with E-state index in [2.05, 4.69) is 21.2 Å². The van der Waals surface area contributed by atoms with Crippen molar-refractivity contribution < 1.29 is 14.5 Å². The average Bonchev–Trinajstić information content (AvgIpc) is 2.63. The molecule has 0 spiro atoms. The van der Waals surface area contributed by atoms with Gasteiger partial charge in [-0.25, -0.2) is 0 Å². The molecular weight excluding hydrogens is 394 g/mol. The minimum absolute atomic E-state index is 0.0139. The second kappa shape index (κ2) is 9.50. The van der Waals surface area contributed by atoms with Gasteiger partial charge < -0.3 is 15.1 Å². The van der Waals surface area contributed by atoms with Crippen molar-refractivity contribution in [2.24, 2.45) is 0 Å². The number of nitrogens with zero attached hydrogens (tertiary/aromatic N) is 1. The second-order valence-electron chi connectivity index (χ2n) is 6.45. The van der Waals surface area contributed by atoms with Crippen molar-refractivity contribution >= 4 is 33.4 Å². The number of rotatable bonds is 7. The third kappa shape index (κ3) is 5.68. The number of nitrogens with one attached hydrogen (secondary N) is 2. The highest BCUT2D eigenvalue weighted by atomic mass is 79.9. The molecule has 0 fully saturated rings. The molecule has 0 saturated heterocycles. The van der Waals surface area contributed by atoms with Crippen molar-refractivity contribution in [1.82, 2.24) is 4.90 Å². The zero-order chi connectivity index (χ0) is 19.1. The first kappa shape index (κ1) is 20.1. The number of anilines is 1. The van der Waals surface area contributed by atoms with E-state index >= 15 is 0 Å². The van der Waals surface area contributed by atoms with Crippen LogP contribution in [0.25, 0.3) is 0 Å². The molecule has 0 aromatic heterocycles. The maximum atomic E-state index is 12.6. The standard InChI is InChI=1S/C20H24BrN3O2/c1-15(20(26)24(3)13-16-9-5-4-6-10-16)23(2)14-19(25)22-18-12-8-7-11-17(18)21/h4-12,15H,13-14H2,1-3H3,(H,22,25)/p+1/t15-/m0/s1. The molecule has 2 aromatic carbocycles. The van der Waals surface area contributed by atoms with Gasteiger partial charge in [0.1, 0.15) is 0 Å². The third-order valence-electron chi connectivity index (χ3n) is 4.34. The first-order valence-corrected chi connectivity index (χ1v) is 9.33. The highest BCUT2D eigenvalue weighted by Gasteiger charge is 2.26. The Morgan fingerprint density at radius 3 is 2.38 bits per heavy atom. The van der Waals surface area contributed by atoms with E-state index in [0.29, 0.717) is 6.54 Å². The molecule has 0 saturated carbocycles. The van der Waals surface area contributed by atoms with Crippen molar-refractivity contribution in [2.45, 2.75) is 19.5 Å². The van der Waals surface area contributed by atoms with Crippen molar-refractivity contribution in [3.05, 3.63) is 64.6 Å². The van der Waals surface area contributed by atoms with Gasteiger partial charge in [-0.1, -0.05) is 42.5 Å². The minimum Gasteiger partial charge on any atom is -0.336 e. The number of quaternary nitrogens is 1. The van der Waals surface area contributed by atoms with E-state index in [1.807, 2.05) is 68.6 Å². The number of hydrogen-bond donors (Lipinski definition) is 2. The van der Waals surface area contributed by atoms with Gasteiger partial charge in [-0.3, -0.25) is 9.59 Å². The Morgan fingerprint density at radius 1 is 1.12 bits per heavy atom. The van der Waals surface area contributed by atoms with Crippen molar-refractivity contribution in [1.29, 1.82) is 0 Å². The summed E-state index contributed by atoms with van der Waals surface area (Å²) in [6.07, 6.45) is 0. The number of hydrogen-bond acceptors (Lipinski definition) is 2. The van der Waals surface area contributed by atoms with Crippen LogP contribution in [0, 0.1) is 0 Å². The van der Waals surface area contributed by atoms with Crippen LogP contribution in [0.4, 0.5) is 5.69 Å². The lowest BCUT2D eigenvalue weighted by Gasteiger charge is -2.25. The quantitative estimate of drug-likeness (QED) is 0.721. The molecule has 2 aromatic rings. The summed E-state index contributed by atoms with van der Waals surface area (Å²) in [4.78, 5) is 27.5. The van der Waals surface area contributed by atoms with Gasteiger partial charge in [-0.15, -0.1) is 0 Å². The molecule has 0 aliphatic heterocycles. The fourth-order valence-corrected chi connectivity index (χ4v) is 3.02. The number of likely N-dealkylation sites (N-methyl/N-ethyl adjacent to an activating group) is 2. The SMILES string of the molecule is C[C@@H](C(=O)N(C)Cc1ccccc1)[NH+](C)CC(=O)Nc1ccccc1Br. The Bertz CT molecular complexity index is 752. The molecule has 0 aliphatic rings. The van der Waals surface area contributed by atoms with Gasteiger partial charge in [0.2, 0.25) is 0 Å². The number of halogens is 1. The molecule has 0 bridgehead atoms. The fraction of sp³-hybridized carbons (Fsp3) is 0.300. The summed E-state index contributed by atoms with van der Waals surface area (Å²) in [6.45, 7) is 2.62. The van der Waals surface area contributed by atoms with Crippen LogP contribution < -0.4 is 10.2 Å². The Kier molecular flexibility index (Phi) is 7.36. The summed E-state index contributed by atoms with van der Waals surface area (Å²) in [5, 5.41) is 2.87. The van der Waals surface area contributed by atoms with E-state index in [9.17, 15) is 9.59 Å². The van der Waals surface area contributed by atoms with Crippen LogP contribution in [0.15, 0.2) is 59.1 Å². The largest absolute Gasteiger partial charge is 0.336 e. The van der Waals surface area contributed by atoms with E-state index in [-0.39, 0.29) is 24.4 Å². The lowest BCUT2D eigenvalue weighted by atomic mass is 10.2. The van der Waals surface area contributed by atoms with Gasteiger partial charge in [-0.05, 0) is 40.5 Å². The van der Waals surface area contributed by atoms with Gasteiger partial charge in [0, 0.05) is 18.1 Å². The van der Waals surface area contributed by atoms with Crippen LogP contribution in [0.1, 0.15) is 12.5 Å². The van der Waals surface area contributed by atoms with Gasteiger partial charge in [-0.2, -0.15) is 0 Å². The summed E-state index contributed by atoms with van der Waals surface area (Å²) < 4.78 is 0.831. The second-order valence-corrected chi connectivity index (χ2v) is 7.31. The van der Waals surface area contributed by atoms with E-state index in [1.165, 1.54) is 0 Å². The zero-order valence-corrected chi connectivity index (χ0v) is 16.9. The predicted octanol–water partition coefficient (Wildman–Crippen LogP) is 1.95. The Balaban J connectivity index is 1.89. The van der Waals surface area contributed by atoms with Crippen LogP contribution in [-0.4, -0.2) is 43.4 Å². The Labute approximate surface area is 163 Å². The summed E-state index contributed by atoms with van der Waals surface area (Å²) in [6, 6.07) is 17.0. The summed E-state index contributed by atoms with van der Waals surface area (Å²) in [7, 11) is 3.65. The fourth-order valence-electron chi connectivity index (χ4n) is 2.64. The lowest BCUT2D eigenvalue weighted by Crippen LogP contribution is -3.15. The number of amides is 2. The molecule has 0 radical (unpaired) electrons. The molecule has 2 atom stereocenters. The number of carbonyl (C=O) groups is 2. The van der Waals surface area contributed by atoms with E-state index < -0.39 is 0 Å². The first-order valence-electron chi connectivity index (χ1n) is 8.54. The maximum Gasteiger partial charge on any atom is 0.280 e. The molecule has 26 heavy (non-hydrogen) atoms. The van der Waals surface area contributed by atoms with Gasteiger partial charge in [0.05, 0.1) is 12.7 Å². The molecule has 1 unspecified atom stereocenters. The molecule has 2 N–H and O–H groups in total. The van der Waals surface area contributed by atoms with Crippen molar-refractivity contribution in [2.75, 3.05) is 26.0 Å².